The number of carboxylic acid groups (broad SMARTS) is 1. The number of nitrogens with one attached hydrogen (secondary N) is 1. The van der Waals surface area contributed by atoms with Crippen molar-refractivity contribution in [1.82, 2.24) is 5.32 Å². The van der Waals surface area contributed by atoms with E-state index in [9.17, 15) is 41.0 Å². The Kier molecular flexibility index (Phi) is 13.7. The van der Waals surface area contributed by atoms with Gasteiger partial charge in [-0.3, -0.25) is 4.79 Å². The second kappa shape index (κ2) is 19.2. The van der Waals surface area contributed by atoms with Gasteiger partial charge in [0.15, 0.2) is 0 Å². The molecule has 0 unspecified atom stereocenters. The summed E-state index contributed by atoms with van der Waals surface area (Å²) < 4.78 is 85.6. The Morgan fingerprint density at radius 1 is 0.594 bits per heavy atom. The summed E-state index contributed by atoms with van der Waals surface area (Å²) in [6, 6.07) is 37.0. The van der Waals surface area contributed by atoms with Gasteiger partial charge in [-0.05, 0) is 106 Å². The van der Waals surface area contributed by atoms with Crippen LogP contribution in [0.3, 0.4) is 0 Å². The zero-order valence-electron chi connectivity index (χ0n) is 34.8. The normalized spacial score (nSPS) is 11.7. The maximum Gasteiger partial charge on any atom is 0.416 e. The first-order valence-corrected chi connectivity index (χ1v) is 21.7. The van der Waals surface area contributed by atoms with Gasteiger partial charge in [0.1, 0.15) is 0 Å². The average molecular weight is 910 g/mol. The molecule has 0 aliphatic rings. The first-order chi connectivity index (χ1) is 30.5. The number of carboxylic acids is 1. The molecule has 0 saturated carbocycles. The minimum atomic E-state index is -4.37. The molecule has 0 fully saturated rings. The van der Waals surface area contributed by atoms with Crippen molar-refractivity contribution in [2.45, 2.75) is 39.0 Å². The Hall–Kier alpha value is -6.28. The van der Waals surface area contributed by atoms with E-state index in [0.29, 0.717) is 42.7 Å². The second-order valence-corrected chi connectivity index (χ2v) is 17.3. The van der Waals surface area contributed by atoms with E-state index in [1.165, 1.54) is 35.6 Å². The van der Waals surface area contributed by atoms with Crippen molar-refractivity contribution in [2.24, 2.45) is 0 Å². The molecule has 64 heavy (non-hydrogen) atoms. The van der Waals surface area contributed by atoms with Gasteiger partial charge in [0, 0.05) is 51.2 Å². The average Bonchev–Trinajstić information content (AvgIpc) is 3.77. The number of methoxy groups -OCH3 is 1. The van der Waals surface area contributed by atoms with Crippen molar-refractivity contribution < 1.29 is 45.8 Å². The molecule has 328 valence electrons. The molecule has 0 radical (unpaired) electrons. The highest BCUT2D eigenvalue weighted by Crippen LogP contribution is 2.41. The summed E-state index contributed by atoms with van der Waals surface area (Å²) in [6.07, 6.45) is -7.90. The van der Waals surface area contributed by atoms with Crippen LogP contribution in [0.15, 0.2) is 133 Å². The van der Waals surface area contributed by atoms with Crippen molar-refractivity contribution in [1.29, 1.82) is 0 Å². The van der Waals surface area contributed by atoms with Crippen LogP contribution in [0.4, 0.5) is 26.3 Å². The van der Waals surface area contributed by atoms with E-state index in [0.717, 1.165) is 75.4 Å². The van der Waals surface area contributed by atoms with Crippen LogP contribution >= 0.6 is 22.7 Å². The van der Waals surface area contributed by atoms with Crippen LogP contribution in [-0.2, 0) is 29.9 Å². The minimum Gasteiger partial charge on any atom is -0.478 e. The third-order valence-corrected chi connectivity index (χ3v) is 13.5. The van der Waals surface area contributed by atoms with Gasteiger partial charge >= 0.3 is 18.3 Å². The van der Waals surface area contributed by atoms with Crippen LogP contribution in [0.25, 0.3) is 42.4 Å². The van der Waals surface area contributed by atoms with E-state index in [2.05, 4.69) is 5.32 Å². The second-order valence-electron chi connectivity index (χ2n) is 15.1. The molecule has 8 aromatic rings. The van der Waals surface area contributed by atoms with E-state index in [1.807, 2.05) is 74.5 Å². The highest BCUT2D eigenvalue weighted by Gasteiger charge is 2.31. The van der Waals surface area contributed by atoms with Crippen molar-refractivity contribution in [3.8, 4) is 22.3 Å². The zero-order chi connectivity index (χ0) is 45.8. The minimum absolute atomic E-state index is 0.168. The molecule has 5 nitrogen and oxygen atoms in total. The summed E-state index contributed by atoms with van der Waals surface area (Å²) in [5.74, 6) is -1.16. The smallest absolute Gasteiger partial charge is 0.416 e. The molecule has 0 aliphatic heterocycles. The summed E-state index contributed by atoms with van der Waals surface area (Å²) in [6.45, 7) is 4.84. The summed E-state index contributed by atoms with van der Waals surface area (Å²) in [5, 5.41) is 14.2. The maximum absolute atomic E-state index is 13.1. The molecule has 8 rings (SSSR count). The molecule has 1 amide bonds. The summed E-state index contributed by atoms with van der Waals surface area (Å²) >= 11 is 3.13. The van der Waals surface area contributed by atoms with Crippen LogP contribution in [-0.4, -0.2) is 37.2 Å². The quantitative estimate of drug-likeness (QED) is 0.100. The van der Waals surface area contributed by atoms with Gasteiger partial charge in [-0.25, -0.2) is 4.79 Å². The Morgan fingerprint density at radius 2 is 1.03 bits per heavy atom. The maximum atomic E-state index is 13.1. The third kappa shape index (κ3) is 10.4. The van der Waals surface area contributed by atoms with E-state index < -0.39 is 29.4 Å². The Labute approximate surface area is 373 Å². The number of thiophene rings is 2. The highest BCUT2D eigenvalue weighted by molar-refractivity contribution is 7.20. The van der Waals surface area contributed by atoms with Crippen LogP contribution in [0.5, 0.6) is 0 Å². The Morgan fingerprint density at radius 3 is 1.48 bits per heavy atom. The molecule has 2 aromatic heterocycles. The molecule has 0 bridgehead atoms. The lowest BCUT2D eigenvalue weighted by Gasteiger charge is -2.08. The molecule has 0 atom stereocenters. The van der Waals surface area contributed by atoms with Crippen molar-refractivity contribution in [3.63, 3.8) is 0 Å². The van der Waals surface area contributed by atoms with Gasteiger partial charge in [0.25, 0.3) is 5.91 Å². The van der Waals surface area contributed by atoms with Crippen LogP contribution < -0.4 is 5.32 Å². The molecule has 0 spiro atoms. The third-order valence-electron chi connectivity index (χ3n) is 10.8. The SMILES string of the molecule is COCCNC(=O)c1cccc(-c2cccc3c(C)c(Cc4cccc(C(F)(F)F)c4)sc23)c1.Cc1c(Cc2cccc(C(F)(F)F)c2)sc2c(-c3cccc(C(=O)O)c3)cccc12. The molecule has 0 aliphatic carbocycles. The van der Waals surface area contributed by atoms with Crippen molar-refractivity contribution in [2.75, 3.05) is 20.3 Å². The lowest BCUT2D eigenvalue weighted by molar-refractivity contribution is -0.138. The molecule has 2 heterocycles. The van der Waals surface area contributed by atoms with E-state index in [1.54, 1.807) is 54.8 Å². The van der Waals surface area contributed by atoms with Crippen LogP contribution in [0, 0.1) is 13.8 Å². The summed E-state index contributed by atoms with van der Waals surface area (Å²) in [7, 11) is 1.58. The van der Waals surface area contributed by atoms with Gasteiger partial charge in [-0.2, -0.15) is 26.3 Å². The number of carbonyl (C=O) groups is 2. The van der Waals surface area contributed by atoms with Crippen LogP contribution in [0.1, 0.15) is 63.9 Å². The van der Waals surface area contributed by atoms with Gasteiger partial charge in [0.05, 0.1) is 23.3 Å². The first kappa shape index (κ1) is 45.7. The number of ether oxygens (including phenoxy) is 1. The number of amides is 1. The number of alkyl halides is 6. The predicted molar refractivity (Wildman–Crippen MR) is 244 cm³/mol. The standard InChI is InChI=1S/C27H24F3NO2S.C24H17F3O2S/c1-17-22-10-5-11-23(19-7-4-8-20(16-19)26(32)31-12-13-33-2)25(22)34-24(17)15-18-6-3-9-21(14-18)27(28,29)30;1-14-19-9-4-10-20(16-6-3-7-17(13-16)23(28)29)22(19)30-21(14)12-15-5-2-8-18(11-15)24(25,26)27/h3-11,14,16H,12-13,15H2,1-2H3,(H,31,32);2-11,13H,12H2,1H3,(H,28,29). The van der Waals surface area contributed by atoms with Gasteiger partial charge in [-0.15, -0.1) is 22.7 Å². The number of aromatic carboxylic acids is 1. The molecular formula is C51H41F6NO4S2. The van der Waals surface area contributed by atoms with E-state index in [-0.39, 0.29) is 11.5 Å². The summed E-state index contributed by atoms with van der Waals surface area (Å²) in [4.78, 5) is 25.8. The molecular weight excluding hydrogens is 869 g/mol. The number of halogens is 6. The molecule has 2 N–H and O–H groups in total. The Balaban J connectivity index is 0.000000193. The van der Waals surface area contributed by atoms with Crippen molar-refractivity contribution >= 4 is 54.7 Å². The number of hydrogen-bond donors (Lipinski definition) is 2. The lowest BCUT2D eigenvalue weighted by Crippen LogP contribution is -2.26. The fraction of sp³-hybridized carbons (Fsp3) is 0.176. The highest BCUT2D eigenvalue weighted by atomic mass is 32.1. The van der Waals surface area contributed by atoms with E-state index in [4.69, 9.17) is 4.74 Å². The number of hydrogen-bond acceptors (Lipinski definition) is 5. The topological polar surface area (TPSA) is 75.6 Å². The fourth-order valence-corrected chi connectivity index (χ4v) is 10.2. The predicted octanol–water partition coefficient (Wildman–Crippen LogP) is 14.0. The van der Waals surface area contributed by atoms with Crippen LogP contribution in [0.2, 0.25) is 0 Å². The Bertz CT molecular complexity index is 2990. The monoisotopic (exact) mass is 909 g/mol. The molecule has 13 heteroatoms. The summed E-state index contributed by atoms with van der Waals surface area (Å²) in [5.41, 5.74) is 6.43. The fourth-order valence-electron chi connectivity index (χ4n) is 7.48. The van der Waals surface area contributed by atoms with Gasteiger partial charge in [0.2, 0.25) is 0 Å². The number of aryl methyl sites for hydroxylation is 2. The van der Waals surface area contributed by atoms with Crippen molar-refractivity contribution in [3.05, 3.63) is 188 Å². The number of rotatable bonds is 11. The van der Waals surface area contributed by atoms with Gasteiger partial charge < -0.3 is 15.2 Å². The first-order valence-electron chi connectivity index (χ1n) is 20.1. The molecule has 0 saturated heterocycles. The number of benzene rings is 6. The van der Waals surface area contributed by atoms with E-state index >= 15 is 0 Å². The largest absolute Gasteiger partial charge is 0.478 e. The lowest BCUT2D eigenvalue weighted by atomic mass is 9.99. The van der Waals surface area contributed by atoms with Gasteiger partial charge in [-0.1, -0.05) is 97.1 Å². The zero-order valence-corrected chi connectivity index (χ0v) is 36.4. The molecule has 6 aromatic carbocycles. The number of carbonyl (C=O) groups excluding carboxylic acids is 1. The number of fused-ring (bicyclic) bond motifs is 2.